The van der Waals surface area contributed by atoms with Crippen molar-refractivity contribution in [2.45, 2.75) is 31.7 Å². The van der Waals surface area contributed by atoms with E-state index in [9.17, 15) is 0 Å². The number of rotatable bonds is 4. The molecule has 0 aliphatic heterocycles. The van der Waals surface area contributed by atoms with Gasteiger partial charge in [0.1, 0.15) is 5.75 Å². The molecule has 1 aromatic carbocycles. The standard InChI is InChI=1S/C13H18ClNO/c1-16-13-6-5-11(14)7-10(13)8-12(15)9-3-2-4-9/h5-7,9,12H,2-4,8,15H2,1H3. The largest absolute Gasteiger partial charge is 0.496 e. The Morgan fingerprint density at radius 3 is 2.81 bits per heavy atom. The van der Waals surface area contributed by atoms with Crippen molar-refractivity contribution in [3.63, 3.8) is 0 Å². The zero-order valence-corrected chi connectivity index (χ0v) is 10.3. The quantitative estimate of drug-likeness (QED) is 0.877. The van der Waals surface area contributed by atoms with Crippen LogP contribution in [0.2, 0.25) is 5.02 Å². The van der Waals surface area contributed by atoms with Crippen molar-refractivity contribution in [3.8, 4) is 5.75 Å². The van der Waals surface area contributed by atoms with Gasteiger partial charge in [-0.25, -0.2) is 0 Å². The van der Waals surface area contributed by atoms with Crippen LogP contribution in [0.15, 0.2) is 18.2 Å². The molecule has 0 spiro atoms. The second kappa shape index (κ2) is 5.07. The Morgan fingerprint density at radius 1 is 1.50 bits per heavy atom. The van der Waals surface area contributed by atoms with Gasteiger partial charge in [-0.15, -0.1) is 0 Å². The molecule has 2 N–H and O–H groups in total. The third-order valence-corrected chi connectivity index (χ3v) is 3.69. The van der Waals surface area contributed by atoms with E-state index in [4.69, 9.17) is 22.1 Å². The van der Waals surface area contributed by atoms with Gasteiger partial charge in [0, 0.05) is 11.1 Å². The van der Waals surface area contributed by atoms with E-state index in [2.05, 4.69) is 0 Å². The van der Waals surface area contributed by atoms with Crippen molar-refractivity contribution in [3.05, 3.63) is 28.8 Å². The van der Waals surface area contributed by atoms with Crippen molar-refractivity contribution < 1.29 is 4.74 Å². The fraction of sp³-hybridized carbons (Fsp3) is 0.538. The second-order valence-electron chi connectivity index (χ2n) is 4.52. The Balaban J connectivity index is 2.09. The van der Waals surface area contributed by atoms with Crippen LogP contribution < -0.4 is 10.5 Å². The van der Waals surface area contributed by atoms with Crippen LogP contribution in [0, 0.1) is 5.92 Å². The molecular weight excluding hydrogens is 222 g/mol. The highest BCUT2D eigenvalue weighted by Gasteiger charge is 2.25. The number of halogens is 1. The summed E-state index contributed by atoms with van der Waals surface area (Å²) in [7, 11) is 1.68. The van der Waals surface area contributed by atoms with Gasteiger partial charge in [-0.2, -0.15) is 0 Å². The maximum atomic E-state index is 6.19. The summed E-state index contributed by atoms with van der Waals surface area (Å²) in [5.74, 6) is 1.57. The predicted molar refractivity (Wildman–Crippen MR) is 67.0 cm³/mol. The Bertz CT molecular complexity index is 363. The van der Waals surface area contributed by atoms with Crippen LogP contribution in [-0.2, 0) is 6.42 Å². The molecule has 0 amide bonds. The van der Waals surface area contributed by atoms with Crippen LogP contribution >= 0.6 is 11.6 Å². The van der Waals surface area contributed by atoms with E-state index >= 15 is 0 Å². The molecule has 1 saturated carbocycles. The van der Waals surface area contributed by atoms with E-state index in [0.717, 1.165) is 22.8 Å². The SMILES string of the molecule is COc1ccc(Cl)cc1CC(N)C1CCC1. The molecule has 2 nitrogen and oxygen atoms in total. The average molecular weight is 240 g/mol. The van der Waals surface area contributed by atoms with E-state index in [1.54, 1.807) is 7.11 Å². The van der Waals surface area contributed by atoms with Crippen LogP contribution in [0.25, 0.3) is 0 Å². The Morgan fingerprint density at radius 2 is 2.25 bits per heavy atom. The summed E-state index contributed by atoms with van der Waals surface area (Å²) in [5.41, 5.74) is 7.31. The lowest BCUT2D eigenvalue weighted by Gasteiger charge is -2.31. The molecule has 88 valence electrons. The van der Waals surface area contributed by atoms with Gasteiger partial charge in [0.15, 0.2) is 0 Å². The number of methoxy groups -OCH3 is 1. The zero-order chi connectivity index (χ0) is 11.5. The van der Waals surface area contributed by atoms with Gasteiger partial charge in [0.25, 0.3) is 0 Å². The predicted octanol–water partition coefficient (Wildman–Crippen LogP) is 3.02. The lowest BCUT2D eigenvalue weighted by molar-refractivity contribution is 0.259. The van der Waals surface area contributed by atoms with Crippen LogP contribution in [-0.4, -0.2) is 13.2 Å². The lowest BCUT2D eigenvalue weighted by Crippen LogP contribution is -2.36. The topological polar surface area (TPSA) is 35.2 Å². The molecule has 1 atom stereocenters. The summed E-state index contributed by atoms with van der Waals surface area (Å²) < 4.78 is 5.32. The first-order valence-corrected chi connectivity index (χ1v) is 6.16. The fourth-order valence-corrected chi connectivity index (χ4v) is 2.39. The summed E-state index contributed by atoms with van der Waals surface area (Å²) in [4.78, 5) is 0. The van der Waals surface area contributed by atoms with Crippen LogP contribution in [0.3, 0.4) is 0 Å². The van der Waals surface area contributed by atoms with E-state index < -0.39 is 0 Å². The summed E-state index contributed by atoms with van der Waals surface area (Å²) in [6.45, 7) is 0. The van der Waals surface area contributed by atoms with Crippen molar-refractivity contribution in [1.29, 1.82) is 0 Å². The average Bonchev–Trinajstić information content (AvgIpc) is 2.15. The van der Waals surface area contributed by atoms with Crippen molar-refractivity contribution in [1.82, 2.24) is 0 Å². The molecule has 0 bridgehead atoms. The summed E-state index contributed by atoms with van der Waals surface area (Å²) in [6, 6.07) is 5.95. The molecule has 1 aromatic rings. The number of benzene rings is 1. The van der Waals surface area contributed by atoms with Crippen molar-refractivity contribution in [2.75, 3.05) is 7.11 Å². The third-order valence-electron chi connectivity index (χ3n) is 3.45. The molecular formula is C13H18ClNO. The monoisotopic (exact) mass is 239 g/mol. The van der Waals surface area contributed by atoms with Gasteiger partial charge >= 0.3 is 0 Å². The molecule has 0 radical (unpaired) electrons. The number of hydrogen-bond acceptors (Lipinski definition) is 2. The lowest BCUT2D eigenvalue weighted by atomic mass is 9.78. The van der Waals surface area contributed by atoms with Gasteiger partial charge in [0.2, 0.25) is 0 Å². The van der Waals surface area contributed by atoms with Gasteiger partial charge in [-0.3, -0.25) is 0 Å². The molecule has 0 aromatic heterocycles. The fourth-order valence-electron chi connectivity index (χ4n) is 2.20. The third kappa shape index (κ3) is 2.50. The maximum absolute atomic E-state index is 6.19. The van der Waals surface area contributed by atoms with Crippen LogP contribution in [0.1, 0.15) is 24.8 Å². The first-order valence-electron chi connectivity index (χ1n) is 5.78. The normalized spacial score (nSPS) is 17.9. The maximum Gasteiger partial charge on any atom is 0.122 e. The number of nitrogens with two attached hydrogens (primary N) is 1. The Hall–Kier alpha value is -0.730. The zero-order valence-electron chi connectivity index (χ0n) is 9.58. The molecule has 16 heavy (non-hydrogen) atoms. The number of hydrogen-bond donors (Lipinski definition) is 1. The molecule has 1 fully saturated rings. The molecule has 0 heterocycles. The van der Waals surface area contributed by atoms with Gasteiger partial charge in [-0.05, 0) is 48.9 Å². The first-order chi connectivity index (χ1) is 7.70. The minimum atomic E-state index is 0.237. The minimum Gasteiger partial charge on any atom is -0.496 e. The van der Waals surface area contributed by atoms with Gasteiger partial charge < -0.3 is 10.5 Å². The van der Waals surface area contributed by atoms with E-state index in [-0.39, 0.29) is 6.04 Å². The van der Waals surface area contributed by atoms with Gasteiger partial charge in [-0.1, -0.05) is 18.0 Å². The molecule has 1 unspecified atom stereocenters. The molecule has 2 rings (SSSR count). The minimum absolute atomic E-state index is 0.237. The Kier molecular flexibility index (Phi) is 3.72. The second-order valence-corrected chi connectivity index (χ2v) is 4.95. The first kappa shape index (κ1) is 11.7. The highest BCUT2D eigenvalue weighted by molar-refractivity contribution is 6.30. The number of ether oxygens (including phenoxy) is 1. The van der Waals surface area contributed by atoms with Crippen LogP contribution in [0.5, 0.6) is 5.75 Å². The molecule has 0 saturated heterocycles. The Labute approximate surface area is 102 Å². The van der Waals surface area contributed by atoms with Crippen molar-refractivity contribution >= 4 is 11.6 Å². The van der Waals surface area contributed by atoms with E-state index in [0.29, 0.717) is 5.92 Å². The van der Waals surface area contributed by atoms with E-state index in [1.165, 1.54) is 19.3 Å². The summed E-state index contributed by atoms with van der Waals surface area (Å²) in [5, 5.41) is 0.747. The summed E-state index contributed by atoms with van der Waals surface area (Å²) in [6.07, 6.45) is 4.72. The van der Waals surface area contributed by atoms with E-state index in [1.807, 2.05) is 18.2 Å². The smallest absolute Gasteiger partial charge is 0.122 e. The summed E-state index contributed by atoms with van der Waals surface area (Å²) >= 11 is 5.99. The van der Waals surface area contributed by atoms with Crippen LogP contribution in [0.4, 0.5) is 0 Å². The molecule has 1 aliphatic carbocycles. The molecule has 3 heteroatoms. The van der Waals surface area contributed by atoms with Gasteiger partial charge in [0.05, 0.1) is 7.11 Å². The molecule has 1 aliphatic rings. The van der Waals surface area contributed by atoms with Crippen molar-refractivity contribution in [2.24, 2.45) is 11.7 Å². The highest BCUT2D eigenvalue weighted by Crippen LogP contribution is 2.32. The highest BCUT2D eigenvalue weighted by atomic mass is 35.5.